The van der Waals surface area contributed by atoms with Gasteiger partial charge >= 0.3 is 0 Å². The maximum atomic E-state index is 14.0. The van der Waals surface area contributed by atoms with Crippen LogP contribution in [-0.4, -0.2) is 36.4 Å². The lowest BCUT2D eigenvalue weighted by Gasteiger charge is -2.42. The Kier molecular flexibility index (Phi) is 5.92. The Balaban J connectivity index is 1.81. The number of piperidine rings is 1. The first-order valence-electron chi connectivity index (χ1n) is 9.10. The second-order valence-electron chi connectivity index (χ2n) is 7.17. The van der Waals surface area contributed by atoms with Crippen molar-refractivity contribution in [3.8, 4) is 5.75 Å². The number of halogens is 2. The fourth-order valence-corrected chi connectivity index (χ4v) is 3.68. The van der Waals surface area contributed by atoms with Crippen LogP contribution in [0.2, 0.25) is 0 Å². The molecule has 0 unspecified atom stereocenters. The smallest absolute Gasteiger partial charge is 0.259 e. The van der Waals surface area contributed by atoms with Crippen molar-refractivity contribution in [2.75, 3.05) is 19.7 Å². The number of nitrogens with two attached hydrogens (primary N) is 1. The van der Waals surface area contributed by atoms with Gasteiger partial charge in [-0.2, -0.15) is 0 Å². The summed E-state index contributed by atoms with van der Waals surface area (Å²) in [6.07, 6.45) is 1.21. The van der Waals surface area contributed by atoms with Gasteiger partial charge in [0.15, 0.2) is 0 Å². The lowest BCUT2D eigenvalue weighted by atomic mass is 9.77. The molecule has 0 bridgehead atoms. The Hall–Kier alpha value is -2.96. The van der Waals surface area contributed by atoms with E-state index in [0.717, 1.165) is 12.1 Å². The monoisotopic (exact) mass is 388 g/mol. The van der Waals surface area contributed by atoms with E-state index in [0.29, 0.717) is 25.1 Å². The van der Waals surface area contributed by atoms with Crippen molar-refractivity contribution >= 4 is 11.8 Å². The first-order valence-corrected chi connectivity index (χ1v) is 9.10. The van der Waals surface area contributed by atoms with Crippen molar-refractivity contribution in [1.29, 1.82) is 0 Å². The van der Waals surface area contributed by atoms with E-state index in [-0.39, 0.29) is 19.6 Å². The highest BCUT2D eigenvalue weighted by atomic mass is 19.1. The fourth-order valence-electron chi connectivity index (χ4n) is 3.68. The summed E-state index contributed by atoms with van der Waals surface area (Å²) in [5.41, 5.74) is 4.15. The third-order valence-corrected chi connectivity index (χ3v) is 4.96. The summed E-state index contributed by atoms with van der Waals surface area (Å²) >= 11 is 0. The highest BCUT2D eigenvalue weighted by Gasteiger charge is 2.40. The normalized spacial score (nSPS) is 19.3. The van der Waals surface area contributed by atoms with Crippen molar-refractivity contribution in [2.24, 2.45) is 11.1 Å². The van der Waals surface area contributed by atoms with E-state index in [1.807, 2.05) is 18.2 Å². The number of nitrogens with zero attached hydrogens (tertiary/aromatic N) is 1. The molecule has 3 rings (SSSR count). The number of primary amides is 1. The number of likely N-dealkylation sites (tertiary alicyclic amines) is 1. The molecular formula is C21H22F2N2O3. The fraction of sp³-hybridized carbons (Fsp3) is 0.333. The molecule has 0 spiro atoms. The molecule has 148 valence electrons. The minimum Gasteiger partial charge on any atom is -0.493 e. The minimum atomic E-state index is -0.906. The highest BCUT2D eigenvalue weighted by molar-refractivity contribution is 5.95. The molecule has 0 aliphatic carbocycles. The van der Waals surface area contributed by atoms with Gasteiger partial charge < -0.3 is 15.4 Å². The van der Waals surface area contributed by atoms with Crippen molar-refractivity contribution in [2.45, 2.75) is 19.3 Å². The Morgan fingerprint density at radius 3 is 2.39 bits per heavy atom. The summed E-state index contributed by atoms with van der Waals surface area (Å²) in [5.74, 6) is -2.42. The zero-order valence-corrected chi connectivity index (χ0v) is 15.4. The molecule has 1 saturated heterocycles. The van der Waals surface area contributed by atoms with Crippen molar-refractivity contribution in [1.82, 2.24) is 4.90 Å². The Morgan fingerprint density at radius 2 is 1.75 bits per heavy atom. The van der Waals surface area contributed by atoms with Gasteiger partial charge in [0.2, 0.25) is 5.91 Å². The number of hydrogen-bond acceptors (Lipinski definition) is 3. The second kappa shape index (κ2) is 8.37. The van der Waals surface area contributed by atoms with E-state index < -0.39 is 34.4 Å². The SMILES string of the molecule is NC(=O)C[C@@]1(COc2ccccc2)CCCN(C(=O)c2c(F)cccc2F)C1. The number of carbonyl (C=O) groups excluding carboxylic acids is 2. The van der Waals surface area contributed by atoms with Gasteiger partial charge in [-0.15, -0.1) is 0 Å². The lowest BCUT2D eigenvalue weighted by molar-refractivity contribution is -0.122. The molecule has 1 aliphatic rings. The van der Waals surface area contributed by atoms with Crippen LogP contribution in [0.1, 0.15) is 29.6 Å². The van der Waals surface area contributed by atoms with Crippen LogP contribution in [-0.2, 0) is 4.79 Å². The zero-order chi connectivity index (χ0) is 20.1. The van der Waals surface area contributed by atoms with E-state index in [1.165, 1.54) is 11.0 Å². The molecule has 0 radical (unpaired) electrons. The van der Waals surface area contributed by atoms with E-state index in [4.69, 9.17) is 10.5 Å². The molecule has 1 aliphatic heterocycles. The third kappa shape index (κ3) is 4.47. The molecule has 0 aromatic heterocycles. The molecule has 2 aromatic rings. The summed E-state index contributed by atoms with van der Waals surface area (Å²) in [4.78, 5) is 25.8. The number of benzene rings is 2. The molecule has 1 heterocycles. The van der Waals surface area contributed by atoms with Crippen LogP contribution in [0, 0.1) is 17.0 Å². The van der Waals surface area contributed by atoms with Crippen LogP contribution in [0.25, 0.3) is 0 Å². The molecular weight excluding hydrogens is 366 g/mol. The molecule has 0 saturated carbocycles. The van der Waals surface area contributed by atoms with Gasteiger partial charge in [-0.25, -0.2) is 8.78 Å². The van der Waals surface area contributed by atoms with Gasteiger partial charge in [-0.3, -0.25) is 9.59 Å². The number of amides is 2. The van der Waals surface area contributed by atoms with Crippen LogP contribution < -0.4 is 10.5 Å². The maximum Gasteiger partial charge on any atom is 0.259 e. The first-order chi connectivity index (χ1) is 13.4. The van der Waals surface area contributed by atoms with Crippen LogP contribution in [0.5, 0.6) is 5.75 Å². The minimum absolute atomic E-state index is 0.0172. The van der Waals surface area contributed by atoms with Crippen LogP contribution in [0.4, 0.5) is 8.78 Å². The van der Waals surface area contributed by atoms with E-state index in [2.05, 4.69) is 0 Å². The van der Waals surface area contributed by atoms with Crippen molar-refractivity contribution in [3.63, 3.8) is 0 Å². The second-order valence-corrected chi connectivity index (χ2v) is 7.17. The highest BCUT2D eigenvalue weighted by Crippen LogP contribution is 2.35. The molecule has 5 nitrogen and oxygen atoms in total. The molecule has 1 fully saturated rings. The van der Waals surface area contributed by atoms with Gasteiger partial charge in [-0.1, -0.05) is 24.3 Å². The number of rotatable bonds is 6. The summed E-state index contributed by atoms with van der Waals surface area (Å²) < 4.78 is 33.9. The average molecular weight is 388 g/mol. The first kappa shape index (κ1) is 19.8. The Morgan fingerprint density at radius 1 is 1.07 bits per heavy atom. The number of carbonyl (C=O) groups is 2. The molecule has 2 N–H and O–H groups in total. The van der Waals surface area contributed by atoms with Crippen LogP contribution >= 0.6 is 0 Å². The maximum absolute atomic E-state index is 14.0. The van der Waals surface area contributed by atoms with E-state index in [9.17, 15) is 18.4 Å². The summed E-state index contributed by atoms with van der Waals surface area (Å²) in [5, 5.41) is 0. The largest absolute Gasteiger partial charge is 0.493 e. The van der Waals surface area contributed by atoms with Gasteiger partial charge in [0.1, 0.15) is 22.9 Å². The predicted octanol–water partition coefficient (Wildman–Crippen LogP) is 3.14. The average Bonchev–Trinajstić information content (AvgIpc) is 2.67. The molecule has 2 amide bonds. The van der Waals surface area contributed by atoms with Crippen molar-refractivity contribution < 1.29 is 23.1 Å². The predicted molar refractivity (Wildman–Crippen MR) is 99.7 cm³/mol. The molecule has 1 atom stereocenters. The third-order valence-electron chi connectivity index (χ3n) is 4.96. The van der Waals surface area contributed by atoms with Gasteiger partial charge in [-0.05, 0) is 37.1 Å². The van der Waals surface area contributed by atoms with Gasteiger partial charge in [0, 0.05) is 24.9 Å². The number of para-hydroxylation sites is 1. The van der Waals surface area contributed by atoms with E-state index >= 15 is 0 Å². The number of ether oxygens (including phenoxy) is 1. The lowest BCUT2D eigenvalue weighted by Crippen LogP contribution is -2.50. The molecule has 2 aromatic carbocycles. The number of hydrogen-bond donors (Lipinski definition) is 1. The summed E-state index contributed by atoms with van der Waals surface area (Å²) in [6, 6.07) is 12.4. The summed E-state index contributed by atoms with van der Waals surface area (Å²) in [7, 11) is 0. The Labute approximate surface area is 162 Å². The zero-order valence-electron chi connectivity index (χ0n) is 15.4. The van der Waals surface area contributed by atoms with E-state index in [1.54, 1.807) is 12.1 Å². The standard InChI is InChI=1S/C21H22F2N2O3/c22-16-8-4-9-17(23)19(16)20(27)25-11-5-10-21(13-25,12-18(24)26)14-28-15-6-2-1-3-7-15/h1-4,6-9H,5,10-14H2,(H2,24,26)/t21-/m0/s1. The molecule has 28 heavy (non-hydrogen) atoms. The van der Waals surface area contributed by atoms with Crippen LogP contribution in [0.3, 0.4) is 0 Å². The van der Waals surface area contributed by atoms with Crippen molar-refractivity contribution in [3.05, 3.63) is 65.7 Å². The topological polar surface area (TPSA) is 72.6 Å². The van der Waals surface area contributed by atoms with Crippen LogP contribution in [0.15, 0.2) is 48.5 Å². The quantitative estimate of drug-likeness (QED) is 0.826. The Bertz CT molecular complexity index is 840. The van der Waals surface area contributed by atoms with Gasteiger partial charge in [0.05, 0.1) is 6.61 Å². The summed E-state index contributed by atoms with van der Waals surface area (Å²) in [6.45, 7) is 0.650. The van der Waals surface area contributed by atoms with Gasteiger partial charge in [0.25, 0.3) is 5.91 Å². The molecule has 7 heteroatoms.